The van der Waals surface area contributed by atoms with Gasteiger partial charge in [-0.15, -0.1) is 0 Å². The van der Waals surface area contributed by atoms with Crippen molar-refractivity contribution in [1.29, 1.82) is 0 Å². The number of aryl methyl sites for hydroxylation is 2. The number of hydrogen-bond donors (Lipinski definition) is 0. The standard InChI is InChI=1S/C13H18N4O2/c1-3-11-15-13(16-19-11)10-5-4-6-17(10)8-12-14-7-9(2)18-12/h7,10H,3-6,8H2,1-2H3. The zero-order valence-corrected chi connectivity index (χ0v) is 11.3. The maximum absolute atomic E-state index is 5.54. The molecular formula is C13H18N4O2. The van der Waals surface area contributed by atoms with Gasteiger partial charge in [0.2, 0.25) is 11.8 Å². The SMILES string of the molecule is CCc1nc(C2CCCN2Cc2ncc(C)o2)no1. The van der Waals surface area contributed by atoms with Crippen molar-refractivity contribution < 1.29 is 8.94 Å². The monoisotopic (exact) mass is 262 g/mol. The Balaban J connectivity index is 1.74. The predicted molar refractivity (Wildman–Crippen MR) is 67.3 cm³/mol. The molecule has 3 heterocycles. The van der Waals surface area contributed by atoms with Gasteiger partial charge in [-0.3, -0.25) is 4.90 Å². The van der Waals surface area contributed by atoms with Crippen LogP contribution in [0.1, 0.15) is 49.2 Å². The summed E-state index contributed by atoms with van der Waals surface area (Å²) in [6, 6.07) is 0.219. The number of nitrogens with zero attached hydrogens (tertiary/aromatic N) is 4. The van der Waals surface area contributed by atoms with Crippen LogP contribution in [0.25, 0.3) is 0 Å². The van der Waals surface area contributed by atoms with Crippen LogP contribution in [-0.2, 0) is 13.0 Å². The third-order valence-corrected chi connectivity index (χ3v) is 3.46. The molecule has 102 valence electrons. The summed E-state index contributed by atoms with van der Waals surface area (Å²) in [4.78, 5) is 11.0. The highest BCUT2D eigenvalue weighted by atomic mass is 16.5. The van der Waals surface area contributed by atoms with E-state index in [-0.39, 0.29) is 6.04 Å². The molecule has 0 radical (unpaired) electrons. The van der Waals surface area contributed by atoms with Crippen molar-refractivity contribution in [2.24, 2.45) is 0 Å². The van der Waals surface area contributed by atoms with Gasteiger partial charge >= 0.3 is 0 Å². The van der Waals surface area contributed by atoms with Gasteiger partial charge in [-0.25, -0.2) is 4.98 Å². The van der Waals surface area contributed by atoms with Gasteiger partial charge < -0.3 is 8.94 Å². The Hall–Kier alpha value is -1.69. The quantitative estimate of drug-likeness (QED) is 0.842. The highest BCUT2D eigenvalue weighted by molar-refractivity contribution is 5.00. The molecule has 3 rings (SSSR count). The van der Waals surface area contributed by atoms with Crippen LogP contribution in [0.3, 0.4) is 0 Å². The third-order valence-electron chi connectivity index (χ3n) is 3.46. The van der Waals surface area contributed by atoms with Crippen molar-refractivity contribution in [3.63, 3.8) is 0 Å². The Labute approximate surface area is 111 Å². The number of hydrogen-bond acceptors (Lipinski definition) is 6. The molecule has 0 aliphatic carbocycles. The molecule has 2 aromatic heterocycles. The van der Waals surface area contributed by atoms with Crippen LogP contribution >= 0.6 is 0 Å². The molecule has 0 N–H and O–H groups in total. The molecule has 1 aliphatic heterocycles. The first-order chi connectivity index (χ1) is 9.26. The second-order valence-corrected chi connectivity index (χ2v) is 4.89. The molecule has 0 amide bonds. The van der Waals surface area contributed by atoms with E-state index in [0.29, 0.717) is 12.4 Å². The second kappa shape index (κ2) is 5.13. The number of rotatable bonds is 4. The largest absolute Gasteiger partial charge is 0.445 e. The molecule has 1 fully saturated rings. The van der Waals surface area contributed by atoms with Crippen LogP contribution in [-0.4, -0.2) is 26.6 Å². The highest BCUT2D eigenvalue weighted by Crippen LogP contribution is 2.31. The van der Waals surface area contributed by atoms with Crippen LogP contribution in [0.2, 0.25) is 0 Å². The topological polar surface area (TPSA) is 68.2 Å². The lowest BCUT2D eigenvalue weighted by molar-refractivity contribution is 0.211. The molecule has 1 atom stereocenters. The van der Waals surface area contributed by atoms with Crippen LogP contribution in [0.15, 0.2) is 15.1 Å². The smallest absolute Gasteiger partial charge is 0.226 e. The van der Waals surface area contributed by atoms with Crippen molar-refractivity contribution in [2.45, 2.75) is 45.7 Å². The molecule has 6 nitrogen and oxygen atoms in total. The van der Waals surface area contributed by atoms with Gasteiger partial charge in [0.15, 0.2) is 5.82 Å². The van der Waals surface area contributed by atoms with E-state index in [1.165, 1.54) is 0 Å². The molecule has 0 spiro atoms. The summed E-state index contributed by atoms with van der Waals surface area (Å²) in [7, 11) is 0. The molecule has 0 bridgehead atoms. The van der Waals surface area contributed by atoms with Crippen molar-refractivity contribution in [1.82, 2.24) is 20.0 Å². The van der Waals surface area contributed by atoms with E-state index in [1.807, 2.05) is 13.8 Å². The summed E-state index contributed by atoms with van der Waals surface area (Å²) >= 11 is 0. The number of aromatic nitrogens is 3. The fraction of sp³-hybridized carbons (Fsp3) is 0.615. The molecule has 1 aliphatic rings. The van der Waals surface area contributed by atoms with E-state index >= 15 is 0 Å². The molecule has 1 unspecified atom stereocenters. The Morgan fingerprint density at radius 2 is 2.32 bits per heavy atom. The van der Waals surface area contributed by atoms with Crippen molar-refractivity contribution in [2.75, 3.05) is 6.54 Å². The number of likely N-dealkylation sites (tertiary alicyclic amines) is 1. The van der Waals surface area contributed by atoms with Crippen LogP contribution < -0.4 is 0 Å². The van der Waals surface area contributed by atoms with Crippen molar-refractivity contribution in [3.8, 4) is 0 Å². The molecular weight excluding hydrogens is 244 g/mol. The number of oxazole rings is 1. The third kappa shape index (κ3) is 2.53. The fourth-order valence-electron chi connectivity index (χ4n) is 2.50. The lowest BCUT2D eigenvalue weighted by Gasteiger charge is -2.19. The Morgan fingerprint density at radius 1 is 1.42 bits per heavy atom. The fourth-order valence-corrected chi connectivity index (χ4v) is 2.50. The lowest BCUT2D eigenvalue weighted by Crippen LogP contribution is -2.23. The normalized spacial score (nSPS) is 20.2. The average molecular weight is 262 g/mol. The first-order valence-electron chi connectivity index (χ1n) is 6.74. The van der Waals surface area contributed by atoms with E-state index in [1.54, 1.807) is 6.20 Å². The van der Waals surface area contributed by atoms with Gasteiger partial charge in [0.25, 0.3) is 0 Å². The van der Waals surface area contributed by atoms with Gasteiger partial charge in [0.1, 0.15) is 5.76 Å². The molecule has 2 aromatic rings. The molecule has 1 saturated heterocycles. The summed E-state index contributed by atoms with van der Waals surface area (Å²) in [5.74, 6) is 3.09. The van der Waals surface area contributed by atoms with E-state index in [4.69, 9.17) is 8.94 Å². The minimum Gasteiger partial charge on any atom is -0.445 e. The van der Waals surface area contributed by atoms with E-state index in [9.17, 15) is 0 Å². The molecule has 0 aromatic carbocycles. The minimum absolute atomic E-state index is 0.219. The zero-order chi connectivity index (χ0) is 13.2. The Kier molecular flexibility index (Phi) is 3.33. The predicted octanol–water partition coefficient (Wildman–Crippen LogP) is 2.27. The summed E-state index contributed by atoms with van der Waals surface area (Å²) < 4.78 is 10.7. The first-order valence-corrected chi connectivity index (χ1v) is 6.74. The second-order valence-electron chi connectivity index (χ2n) is 4.89. The van der Waals surface area contributed by atoms with Gasteiger partial charge in [-0.2, -0.15) is 4.98 Å². The molecule has 19 heavy (non-hydrogen) atoms. The van der Waals surface area contributed by atoms with E-state index < -0.39 is 0 Å². The van der Waals surface area contributed by atoms with E-state index in [0.717, 1.165) is 43.3 Å². The van der Waals surface area contributed by atoms with Crippen LogP contribution in [0.5, 0.6) is 0 Å². The summed E-state index contributed by atoms with van der Waals surface area (Å²) in [6.45, 7) is 5.64. The first kappa shape index (κ1) is 12.3. The zero-order valence-electron chi connectivity index (χ0n) is 11.3. The highest BCUT2D eigenvalue weighted by Gasteiger charge is 2.30. The average Bonchev–Trinajstić information content (AvgIpc) is 3.10. The minimum atomic E-state index is 0.219. The summed E-state index contributed by atoms with van der Waals surface area (Å²) in [5.41, 5.74) is 0. The molecule has 0 saturated carbocycles. The summed E-state index contributed by atoms with van der Waals surface area (Å²) in [5, 5.41) is 4.09. The maximum Gasteiger partial charge on any atom is 0.226 e. The van der Waals surface area contributed by atoms with E-state index in [2.05, 4.69) is 20.0 Å². The van der Waals surface area contributed by atoms with Gasteiger partial charge in [0.05, 0.1) is 18.8 Å². The van der Waals surface area contributed by atoms with Gasteiger partial charge in [0, 0.05) is 6.42 Å². The van der Waals surface area contributed by atoms with Crippen LogP contribution in [0.4, 0.5) is 0 Å². The Bertz CT molecular complexity index is 548. The summed E-state index contributed by atoms with van der Waals surface area (Å²) in [6.07, 6.45) is 4.73. The maximum atomic E-state index is 5.54. The van der Waals surface area contributed by atoms with Crippen molar-refractivity contribution >= 4 is 0 Å². The Morgan fingerprint density at radius 3 is 3.00 bits per heavy atom. The lowest BCUT2D eigenvalue weighted by atomic mass is 10.2. The van der Waals surface area contributed by atoms with Crippen molar-refractivity contribution in [3.05, 3.63) is 29.6 Å². The van der Waals surface area contributed by atoms with Gasteiger partial charge in [-0.05, 0) is 26.3 Å². The van der Waals surface area contributed by atoms with Crippen LogP contribution in [0, 0.1) is 6.92 Å². The molecule has 6 heteroatoms. The van der Waals surface area contributed by atoms with Gasteiger partial charge in [-0.1, -0.05) is 12.1 Å².